The van der Waals surface area contributed by atoms with Gasteiger partial charge in [0, 0.05) is 11.8 Å². The second-order valence-corrected chi connectivity index (χ2v) is 8.65. The second kappa shape index (κ2) is 10.2. The normalized spacial score (nSPS) is 22.7. The molecule has 3 nitrogen and oxygen atoms in total. The molecule has 4 heteroatoms. The lowest BCUT2D eigenvalue weighted by Gasteiger charge is -2.22. The van der Waals surface area contributed by atoms with E-state index in [4.69, 9.17) is 0 Å². The van der Waals surface area contributed by atoms with Crippen LogP contribution < -0.4 is 0 Å². The average molecular weight is 424 g/mol. The predicted octanol–water partition coefficient (Wildman–Crippen LogP) is 6.01. The van der Waals surface area contributed by atoms with Crippen molar-refractivity contribution < 1.29 is 13.9 Å². The molecule has 0 radical (unpaired) electrons. The van der Waals surface area contributed by atoms with Crippen LogP contribution in [0.1, 0.15) is 73.6 Å². The maximum absolute atomic E-state index is 14.0. The van der Waals surface area contributed by atoms with Gasteiger partial charge in [-0.05, 0) is 81.1 Å². The van der Waals surface area contributed by atoms with Crippen molar-refractivity contribution in [2.24, 2.45) is 0 Å². The van der Waals surface area contributed by atoms with Crippen LogP contribution in [-0.4, -0.2) is 38.1 Å². The van der Waals surface area contributed by atoms with Crippen molar-refractivity contribution in [1.82, 2.24) is 4.90 Å². The third-order valence-electron chi connectivity index (χ3n) is 6.38. The van der Waals surface area contributed by atoms with Crippen molar-refractivity contribution in [2.45, 2.75) is 51.4 Å². The highest BCUT2D eigenvalue weighted by atomic mass is 19.1. The second-order valence-electron chi connectivity index (χ2n) is 8.65. The number of hydrogen-bond acceptors (Lipinski definition) is 3. The lowest BCUT2D eigenvalue weighted by atomic mass is 9.82. The molecule has 3 atom stereocenters. The summed E-state index contributed by atoms with van der Waals surface area (Å²) in [6.45, 7) is 7.01. The molecule has 166 valence electrons. The molecule has 2 aliphatic carbocycles. The summed E-state index contributed by atoms with van der Waals surface area (Å²) >= 11 is 0. The van der Waals surface area contributed by atoms with Gasteiger partial charge in [-0.2, -0.15) is 0 Å². The van der Waals surface area contributed by atoms with Crippen molar-refractivity contribution in [3.05, 3.63) is 82.2 Å². The minimum absolute atomic E-state index is 0.113. The molecule has 0 aliphatic heterocycles. The fourth-order valence-corrected chi connectivity index (χ4v) is 5.06. The number of esters is 1. The minimum atomic E-state index is -0.164. The third kappa shape index (κ3) is 5.07. The number of benzene rings is 2. The summed E-state index contributed by atoms with van der Waals surface area (Å²) in [6.07, 6.45) is 4.55. The lowest BCUT2D eigenvalue weighted by Crippen LogP contribution is -2.23. The molecule has 31 heavy (non-hydrogen) atoms. The van der Waals surface area contributed by atoms with Crippen molar-refractivity contribution in [1.29, 1.82) is 0 Å². The van der Waals surface area contributed by atoms with Gasteiger partial charge in [-0.3, -0.25) is 9.69 Å². The van der Waals surface area contributed by atoms with Crippen LogP contribution in [0.25, 0.3) is 0 Å². The molecule has 0 amide bonds. The molecule has 0 spiro atoms. The van der Waals surface area contributed by atoms with E-state index in [1.807, 2.05) is 20.2 Å². The molecule has 2 aliphatic rings. The Hall–Kier alpha value is -2.46. The van der Waals surface area contributed by atoms with Gasteiger partial charge in [-0.1, -0.05) is 48.9 Å². The molecule has 1 fully saturated rings. The summed E-state index contributed by atoms with van der Waals surface area (Å²) in [6, 6.07) is 14.2. The third-order valence-corrected chi connectivity index (χ3v) is 6.38. The summed E-state index contributed by atoms with van der Waals surface area (Å²) in [5.41, 5.74) is 6.86. The van der Waals surface area contributed by atoms with E-state index < -0.39 is 0 Å². The number of nitrogens with zero attached hydrogens (tertiary/aromatic N) is 1. The Bertz CT molecular complexity index is 950. The molecule has 4 rings (SSSR count). The topological polar surface area (TPSA) is 29.5 Å². The Morgan fingerprint density at radius 2 is 1.81 bits per heavy atom. The van der Waals surface area contributed by atoms with Crippen LogP contribution >= 0.6 is 0 Å². The van der Waals surface area contributed by atoms with Crippen molar-refractivity contribution in [2.75, 3.05) is 27.2 Å². The van der Waals surface area contributed by atoms with Crippen LogP contribution in [0.4, 0.5) is 4.39 Å². The Balaban J connectivity index is 0.000000259. The molecule has 0 bridgehead atoms. The van der Waals surface area contributed by atoms with Gasteiger partial charge < -0.3 is 4.74 Å². The zero-order chi connectivity index (χ0) is 22.5. The molecular formula is C27H34FNO2. The summed E-state index contributed by atoms with van der Waals surface area (Å²) in [4.78, 5) is 12.4. The van der Waals surface area contributed by atoms with E-state index in [9.17, 15) is 9.18 Å². The van der Waals surface area contributed by atoms with Crippen LogP contribution in [0.5, 0.6) is 0 Å². The van der Waals surface area contributed by atoms with Crippen LogP contribution in [0.15, 0.2) is 54.1 Å². The number of fused-ring (bicyclic) bond motifs is 5. The maximum Gasteiger partial charge on any atom is 0.320 e. The Kier molecular flexibility index (Phi) is 7.66. The number of likely N-dealkylation sites (N-methyl/N-ethyl adjacent to an activating group) is 1. The number of carbonyl (C=O) groups is 1. The summed E-state index contributed by atoms with van der Waals surface area (Å²) < 4.78 is 18.6. The fourth-order valence-electron chi connectivity index (χ4n) is 5.06. The van der Waals surface area contributed by atoms with Crippen LogP contribution in [0, 0.1) is 5.82 Å². The van der Waals surface area contributed by atoms with Gasteiger partial charge in [-0.25, -0.2) is 4.39 Å². The number of halogens is 1. The van der Waals surface area contributed by atoms with Crippen molar-refractivity contribution in [3.63, 3.8) is 0 Å². The SMILES string of the molecule is C/C=C1\CCC2c3ccccc3[C@H](C)c3ccc(F)cc3[C@H]12.CCOC(=O)CN(C)C. The van der Waals surface area contributed by atoms with Crippen molar-refractivity contribution in [3.8, 4) is 0 Å². The van der Waals surface area contributed by atoms with Gasteiger partial charge in [0.05, 0.1) is 13.2 Å². The molecule has 2 aromatic rings. The molecule has 1 unspecified atom stereocenters. The van der Waals surface area contributed by atoms with Crippen LogP contribution in [0.3, 0.4) is 0 Å². The van der Waals surface area contributed by atoms with E-state index in [0.29, 0.717) is 30.9 Å². The van der Waals surface area contributed by atoms with Gasteiger partial charge >= 0.3 is 5.97 Å². The highest BCUT2D eigenvalue weighted by molar-refractivity contribution is 5.71. The van der Waals surface area contributed by atoms with Gasteiger partial charge in [0.25, 0.3) is 0 Å². The smallest absolute Gasteiger partial charge is 0.320 e. The monoisotopic (exact) mass is 423 g/mol. The molecule has 1 saturated carbocycles. The van der Waals surface area contributed by atoms with E-state index in [1.54, 1.807) is 24.0 Å². The number of carbonyl (C=O) groups excluding carboxylic acids is 1. The predicted molar refractivity (Wildman–Crippen MR) is 124 cm³/mol. The molecule has 2 aromatic carbocycles. The van der Waals surface area contributed by atoms with Crippen LogP contribution in [0.2, 0.25) is 0 Å². The largest absolute Gasteiger partial charge is 0.465 e. The Morgan fingerprint density at radius 3 is 2.45 bits per heavy atom. The van der Waals surface area contributed by atoms with E-state index in [2.05, 4.69) is 48.9 Å². The zero-order valence-corrected chi connectivity index (χ0v) is 19.3. The van der Waals surface area contributed by atoms with E-state index >= 15 is 0 Å². The van der Waals surface area contributed by atoms with E-state index in [-0.39, 0.29) is 11.8 Å². The Morgan fingerprint density at radius 1 is 1.13 bits per heavy atom. The summed E-state index contributed by atoms with van der Waals surface area (Å²) in [5, 5.41) is 0. The van der Waals surface area contributed by atoms with Gasteiger partial charge in [0.15, 0.2) is 0 Å². The summed E-state index contributed by atoms with van der Waals surface area (Å²) in [5.74, 6) is 0.894. The summed E-state index contributed by atoms with van der Waals surface area (Å²) in [7, 11) is 3.66. The Labute approximate surface area is 185 Å². The van der Waals surface area contributed by atoms with Crippen molar-refractivity contribution >= 4 is 5.97 Å². The number of rotatable bonds is 3. The van der Waals surface area contributed by atoms with Gasteiger partial charge in [0.2, 0.25) is 0 Å². The first kappa shape index (κ1) is 23.2. The highest BCUT2D eigenvalue weighted by Crippen LogP contribution is 2.55. The minimum Gasteiger partial charge on any atom is -0.465 e. The van der Waals surface area contributed by atoms with E-state index in [1.165, 1.54) is 34.2 Å². The highest BCUT2D eigenvalue weighted by Gasteiger charge is 2.39. The first-order valence-corrected chi connectivity index (χ1v) is 11.2. The molecule has 0 aromatic heterocycles. The first-order chi connectivity index (χ1) is 14.9. The van der Waals surface area contributed by atoms with Gasteiger partial charge in [-0.15, -0.1) is 0 Å². The number of allylic oxidation sites excluding steroid dienone is 2. The molecular weight excluding hydrogens is 389 g/mol. The number of ether oxygens (including phenoxy) is 1. The number of hydrogen-bond donors (Lipinski definition) is 0. The first-order valence-electron chi connectivity index (χ1n) is 11.2. The van der Waals surface area contributed by atoms with Crippen LogP contribution in [-0.2, 0) is 9.53 Å². The average Bonchev–Trinajstić information content (AvgIpc) is 3.13. The zero-order valence-electron chi connectivity index (χ0n) is 19.3. The quantitative estimate of drug-likeness (QED) is 0.447. The maximum atomic E-state index is 14.0. The van der Waals surface area contributed by atoms with E-state index in [0.717, 1.165) is 6.42 Å². The lowest BCUT2D eigenvalue weighted by molar-refractivity contribution is -0.143. The van der Waals surface area contributed by atoms with Gasteiger partial charge in [0.1, 0.15) is 5.82 Å². The molecule has 0 N–H and O–H groups in total. The molecule has 0 saturated heterocycles. The standard InChI is InChI=1S/C21H21F.C6H13NO2/c1-3-14-8-10-19-18-7-5-4-6-16(18)13(2)17-11-9-15(22)12-20(17)21(14)19;1-4-9-6(8)5-7(2)3/h3-7,9,11-13,19,21H,8,10H2,1-2H3;4-5H2,1-3H3/b14-3+;/t13-,19?,21+;/m0./s1. The fraction of sp³-hybridized carbons (Fsp3) is 0.444. The molecule has 0 heterocycles.